The van der Waals surface area contributed by atoms with Crippen molar-refractivity contribution < 1.29 is 9.72 Å². The van der Waals surface area contributed by atoms with Crippen molar-refractivity contribution >= 4 is 29.9 Å². The summed E-state index contributed by atoms with van der Waals surface area (Å²) in [6.07, 6.45) is -0.274. The first kappa shape index (κ1) is 12.0. The predicted molar refractivity (Wildman–Crippen MR) is 59.2 cm³/mol. The van der Waals surface area contributed by atoms with Gasteiger partial charge < -0.3 is 5.32 Å². The van der Waals surface area contributed by atoms with Crippen LogP contribution in [-0.2, 0) is 4.79 Å². The van der Waals surface area contributed by atoms with E-state index in [9.17, 15) is 14.9 Å². The Hall–Kier alpha value is -2.07. The lowest BCUT2D eigenvalue weighted by molar-refractivity contribution is -0.385. The predicted octanol–water partition coefficient (Wildman–Crippen LogP) is 1.74. The molecule has 0 radical (unpaired) electrons. The molecule has 0 aliphatic heterocycles. The van der Waals surface area contributed by atoms with E-state index in [2.05, 4.69) is 17.9 Å². The number of nitrogens with one attached hydrogen (secondary N) is 1. The molecule has 0 unspecified atom stereocenters. The van der Waals surface area contributed by atoms with Crippen molar-refractivity contribution in [3.63, 3.8) is 0 Å². The zero-order chi connectivity index (χ0) is 12.1. The second-order valence-electron chi connectivity index (χ2n) is 2.84. The number of hydrogen-bond acceptors (Lipinski definition) is 5. The van der Waals surface area contributed by atoms with Crippen LogP contribution in [0.1, 0.15) is 6.42 Å². The molecule has 7 heteroatoms. The molecule has 0 aliphatic carbocycles. The maximum absolute atomic E-state index is 11.1. The molecule has 6 nitrogen and oxygen atoms in total. The minimum absolute atomic E-state index is 0.108. The monoisotopic (exact) mass is 237 g/mol. The number of nitrogens with zero attached hydrogens (tertiary/aromatic N) is 2. The molecule has 0 atom stereocenters. The molecule has 0 aliphatic rings. The van der Waals surface area contributed by atoms with E-state index in [1.807, 2.05) is 0 Å². The molecule has 82 valence electrons. The normalized spacial score (nSPS) is 9.25. The van der Waals surface area contributed by atoms with Crippen LogP contribution in [0.4, 0.5) is 11.4 Å². The zero-order valence-electron chi connectivity index (χ0n) is 8.01. The summed E-state index contributed by atoms with van der Waals surface area (Å²) in [6.45, 7) is 0. The lowest BCUT2D eigenvalue weighted by atomic mass is 10.2. The highest BCUT2D eigenvalue weighted by molar-refractivity contribution is 7.80. The molecule has 0 spiro atoms. The van der Waals surface area contributed by atoms with E-state index < -0.39 is 10.8 Å². The summed E-state index contributed by atoms with van der Waals surface area (Å²) in [5, 5.41) is 21.1. The Balaban J connectivity index is 2.88. The van der Waals surface area contributed by atoms with E-state index in [4.69, 9.17) is 5.26 Å². The molecule has 1 rings (SSSR count). The molecule has 16 heavy (non-hydrogen) atoms. The number of non-ortho nitro benzene ring substituents is 1. The first-order chi connectivity index (χ1) is 7.54. The third kappa shape index (κ3) is 2.96. The molecule has 1 N–H and O–H groups in total. The molecule has 1 aromatic carbocycles. The average Bonchev–Trinajstić information content (AvgIpc) is 2.21. The van der Waals surface area contributed by atoms with Gasteiger partial charge in [-0.05, 0) is 6.07 Å². The van der Waals surface area contributed by atoms with E-state index >= 15 is 0 Å². The number of amides is 1. The molecule has 0 fully saturated rings. The number of thiol groups is 1. The molecule has 0 heterocycles. The Morgan fingerprint density at radius 1 is 1.62 bits per heavy atom. The smallest absolute Gasteiger partial charge is 0.270 e. The standard InChI is InChI=1S/C9H7N3O3S/c10-4-3-9(13)11-7-2-1-6(12(14)15)5-8(7)16/h1-2,5,16H,3H2,(H,11,13). The van der Waals surface area contributed by atoms with Crippen LogP contribution >= 0.6 is 12.6 Å². The Bertz CT molecular complexity index is 481. The second-order valence-corrected chi connectivity index (χ2v) is 3.32. The van der Waals surface area contributed by atoms with Gasteiger partial charge in [0.2, 0.25) is 5.91 Å². The van der Waals surface area contributed by atoms with Gasteiger partial charge in [0, 0.05) is 17.0 Å². The van der Waals surface area contributed by atoms with Crippen LogP contribution < -0.4 is 5.32 Å². The van der Waals surface area contributed by atoms with Gasteiger partial charge in [-0.3, -0.25) is 14.9 Å². The number of anilines is 1. The van der Waals surface area contributed by atoms with Gasteiger partial charge in [0.25, 0.3) is 5.69 Å². The van der Waals surface area contributed by atoms with Gasteiger partial charge in [-0.2, -0.15) is 5.26 Å². The molecule has 0 saturated heterocycles. The van der Waals surface area contributed by atoms with Crippen LogP contribution in [0.15, 0.2) is 23.1 Å². The first-order valence-corrected chi connectivity index (χ1v) is 4.63. The maximum Gasteiger partial charge on any atom is 0.270 e. The van der Waals surface area contributed by atoms with Gasteiger partial charge in [0.1, 0.15) is 6.42 Å². The fourth-order valence-corrected chi connectivity index (χ4v) is 1.27. The van der Waals surface area contributed by atoms with Crippen molar-refractivity contribution in [2.24, 2.45) is 0 Å². The Labute approximate surface area is 96.4 Å². The van der Waals surface area contributed by atoms with E-state index in [0.29, 0.717) is 5.69 Å². The summed E-state index contributed by atoms with van der Waals surface area (Å²) in [6, 6.07) is 5.54. The molecular formula is C9H7N3O3S. The van der Waals surface area contributed by atoms with Gasteiger partial charge >= 0.3 is 0 Å². The van der Waals surface area contributed by atoms with Crippen molar-refractivity contribution in [3.8, 4) is 6.07 Å². The molecule has 0 aromatic heterocycles. The lowest BCUT2D eigenvalue weighted by Crippen LogP contribution is -2.10. The van der Waals surface area contributed by atoms with Gasteiger partial charge in [-0.1, -0.05) is 0 Å². The van der Waals surface area contributed by atoms with Crippen molar-refractivity contribution in [2.75, 3.05) is 5.32 Å². The first-order valence-electron chi connectivity index (χ1n) is 4.19. The zero-order valence-corrected chi connectivity index (χ0v) is 8.90. The highest BCUT2D eigenvalue weighted by atomic mass is 32.1. The fourth-order valence-electron chi connectivity index (χ4n) is 1.01. The molecular weight excluding hydrogens is 230 g/mol. The molecule has 0 bridgehead atoms. The number of hydrogen-bond donors (Lipinski definition) is 2. The van der Waals surface area contributed by atoms with Gasteiger partial charge in [-0.25, -0.2) is 0 Å². The third-order valence-electron chi connectivity index (χ3n) is 1.71. The maximum atomic E-state index is 11.1. The summed E-state index contributed by atoms with van der Waals surface area (Å²) in [5.41, 5.74) is 0.234. The summed E-state index contributed by atoms with van der Waals surface area (Å²) < 4.78 is 0. The number of benzene rings is 1. The number of nitriles is 1. The summed E-state index contributed by atoms with van der Waals surface area (Å²) in [7, 11) is 0. The number of rotatable bonds is 3. The van der Waals surface area contributed by atoms with E-state index in [-0.39, 0.29) is 17.0 Å². The van der Waals surface area contributed by atoms with Gasteiger partial charge in [0.05, 0.1) is 16.7 Å². The van der Waals surface area contributed by atoms with Crippen LogP contribution in [-0.4, -0.2) is 10.8 Å². The van der Waals surface area contributed by atoms with Crippen LogP contribution in [0.25, 0.3) is 0 Å². The van der Waals surface area contributed by atoms with Crippen molar-refractivity contribution in [1.82, 2.24) is 0 Å². The van der Waals surface area contributed by atoms with Crippen LogP contribution in [0.3, 0.4) is 0 Å². The molecule has 1 aromatic rings. The Morgan fingerprint density at radius 2 is 2.31 bits per heavy atom. The van der Waals surface area contributed by atoms with Gasteiger partial charge in [-0.15, -0.1) is 12.6 Å². The van der Waals surface area contributed by atoms with Crippen molar-refractivity contribution in [1.29, 1.82) is 5.26 Å². The third-order valence-corrected chi connectivity index (χ3v) is 2.08. The summed E-state index contributed by atoms with van der Waals surface area (Å²) >= 11 is 4.00. The van der Waals surface area contributed by atoms with E-state index in [1.54, 1.807) is 6.07 Å². The quantitative estimate of drug-likeness (QED) is 0.475. The van der Waals surface area contributed by atoms with E-state index in [1.165, 1.54) is 18.2 Å². The minimum atomic E-state index is -0.555. The van der Waals surface area contributed by atoms with Gasteiger partial charge in [0.15, 0.2) is 0 Å². The fraction of sp³-hybridized carbons (Fsp3) is 0.111. The highest BCUT2D eigenvalue weighted by Crippen LogP contribution is 2.25. The summed E-state index contributed by atoms with van der Waals surface area (Å²) in [4.78, 5) is 21.2. The minimum Gasteiger partial charge on any atom is -0.324 e. The second kappa shape index (κ2) is 5.14. The van der Waals surface area contributed by atoms with E-state index in [0.717, 1.165) is 0 Å². The van der Waals surface area contributed by atoms with Crippen LogP contribution in [0, 0.1) is 21.4 Å². The number of carbonyl (C=O) groups excluding carboxylic acids is 1. The number of nitro benzene ring substituents is 1. The number of nitro groups is 1. The highest BCUT2D eigenvalue weighted by Gasteiger charge is 2.10. The lowest BCUT2D eigenvalue weighted by Gasteiger charge is -2.05. The van der Waals surface area contributed by atoms with Crippen molar-refractivity contribution in [2.45, 2.75) is 11.3 Å². The molecule has 1 amide bonds. The number of carbonyl (C=O) groups is 1. The SMILES string of the molecule is N#CCC(=O)Nc1ccc([N+](=O)[O-])cc1S. The van der Waals surface area contributed by atoms with Crippen LogP contribution in [0.2, 0.25) is 0 Å². The Morgan fingerprint density at radius 3 is 2.81 bits per heavy atom. The van der Waals surface area contributed by atoms with Crippen molar-refractivity contribution in [3.05, 3.63) is 28.3 Å². The molecule has 0 saturated carbocycles. The average molecular weight is 237 g/mol. The topological polar surface area (TPSA) is 96.0 Å². The van der Waals surface area contributed by atoms with Crippen LogP contribution in [0.5, 0.6) is 0 Å². The Kier molecular flexibility index (Phi) is 3.85. The summed E-state index contributed by atoms with van der Waals surface area (Å²) in [5.74, 6) is -0.480. The largest absolute Gasteiger partial charge is 0.324 e.